The molecule has 0 heterocycles. The van der Waals surface area contributed by atoms with E-state index in [-0.39, 0.29) is 5.02 Å². The van der Waals surface area contributed by atoms with Crippen LogP contribution >= 0.6 is 23.2 Å². The van der Waals surface area contributed by atoms with Crippen molar-refractivity contribution in [2.45, 2.75) is 19.4 Å². The molecule has 3 nitrogen and oxygen atoms in total. The molecule has 0 fully saturated rings. The molecule has 0 aliphatic carbocycles. The van der Waals surface area contributed by atoms with Crippen molar-refractivity contribution in [3.63, 3.8) is 0 Å². The number of rotatable bonds is 3. The van der Waals surface area contributed by atoms with Gasteiger partial charge in [-0.05, 0) is 49.7 Å². The van der Waals surface area contributed by atoms with Crippen molar-refractivity contribution in [1.82, 2.24) is 5.32 Å². The molecule has 2 amide bonds. The van der Waals surface area contributed by atoms with Crippen LogP contribution in [0.2, 0.25) is 10.0 Å². The van der Waals surface area contributed by atoms with Gasteiger partial charge < -0.3 is 10.6 Å². The number of benzene rings is 2. The van der Waals surface area contributed by atoms with Gasteiger partial charge in [0.25, 0.3) is 0 Å². The van der Waals surface area contributed by atoms with Gasteiger partial charge in [0.05, 0.1) is 10.6 Å². The standard InChI is InChI=1S/C16H15Cl2FN2O/c1-16(2,10-3-5-11(17)6-4-10)21-15(22)20-12-7-8-14(19)13(18)9-12/h3-9H,1-2H3,(H2,20,21,22). The van der Waals surface area contributed by atoms with Crippen LogP contribution in [0.3, 0.4) is 0 Å². The van der Waals surface area contributed by atoms with Crippen molar-refractivity contribution in [1.29, 1.82) is 0 Å². The molecule has 0 saturated heterocycles. The minimum absolute atomic E-state index is 0.0465. The average Bonchev–Trinajstić information content (AvgIpc) is 2.42. The molecule has 2 rings (SSSR count). The molecule has 2 aromatic rings. The molecular formula is C16H15Cl2FN2O. The number of halogens is 3. The molecule has 6 heteroatoms. The molecule has 22 heavy (non-hydrogen) atoms. The van der Waals surface area contributed by atoms with E-state index in [1.54, 1.807) is 12.1 Å². The number of nitrogens with one attached hydrogen (secondary N) is 2. The molecule has 0 unspecified atom stereocenters. The molecule has 0 bridgehead atoms. The molecular weight excluding hydrogens is 326 g/mol. The molecule has 2 aromatic carbocycles. The quantitative estimate of drug-likeness (QED) is 0.793. The van der Waals surface area contributed by atoms with Gasteiger partial charge in [0, 0.05) is 10.7 Å². The zero-order valence-electron chi connectivity index (χ0n) is 12.1. The van der Waals surface area contributed by atoms with Gasteiger partial charge in [0.1, 0.15) is 5.82 Å². The van der Waals surface area contributed by atoms with Crippen LogP contribution in [0.4, 0.5) is 14.9 Å². The third-order valence-corrected chi connectivity index (χ3v) is 3.71. The van der Waals surface area contributed by atoms with Gasteiger partial charge in [0.15, 0.2) is 0 Å². The highest BCUT2D eigenvalue weighted by Gasteiger charge is 2.22. The highest BCUT2D eigenvalue weighted by molar-refractivity contribution is 6.31. The SMILES string of the molecule is CC(C)(NC(=O)Nc1ccc(F)c(Cl)c1)c1ccc(Cl)cc1. The second kappa shape index (κ2) is 6.55. The molecule has 0 aliphatic rings. The van der Waals surface area contributed by atoms with Crippen LogP contribution in [-0.4, -0.2) is 6.03 Å². The first-order valence-electron chi connectivity index (χ1n) is 6.58. The van der Waals surface area contributed by atoms with Gasteiger partial charge in [0.2, 0.25) is 0 Å². The average molecular weight is 341 g/mol. The number of urea groups is 1. The van der Waals surface area contributed by atoms with E-state index >= 15 is 0 Å². The monoisotopic (exact) mass is 340 g/mol. The lowest BCUT2D eigenvalue weighted by atomic mass is 9.94. The first kappa shape index (κ1) is 16.6. The number of amides is 2. The van der Waals surface area contributed by atoms with E-state index < -0.39 is 17.4 Å². The van der Waals surface area contributed by atoms with Gasteiger partial charge in [-0.25, -0.2) is 9.18 Å². The summed E-state index contributed by atoms with van der Waals surface area (Å²) in [6.07, 6.45) is 0. The minimum atomic E-state index is -0.599. The highest BCUT2D eigenvalue weighted by atomic mass is 35.5. The van der Waals surface area contributed by atoms with E-state index in [0.717, 1.165) is 5.56 Å². The zero-order chi connectivity index (χ0) is 16.3. The second-order valence-electron chi connectivity index (χ2n) is 5.34. The van der Waals surface area contributed by atoms with Crippen LogP contribution < -0.4 is 10.6 Å². The first-order chi connectivity index (χ1) is 10.3. The van der Waals surface area contributed by atoms with E-state index in [1.165, 1.54) is 18.2 Å². The fraction of sp³-hybridized carbons (Fsp3) is 0.188. The Kier molecular flexibility index (Phi) is 4.94. The van der Waals surface area contributed by atoms with Crippen LogP contribution in [0.25, 0.3) is 0 Å². The lowest BCUT2D eigenvalue weighted by molar-refractivity contribution is 0.242. The summed E-state index contributed by atoms with van der Waals surface area (Å²) in [5, 5.41) is 6.05. The summed E-state index contributed by atoms with van der Waals surface area (Å²) < 4.78 is 13.1. The summed E-state index contributed by atoms with van der Waals surface area (Å²) in [5.74, 6) is -0.533. The summed E-state index contributed by atoms with van der Waals surface area (Å²) >= 11 is 11.5. The Balaban J connectivity index is 2.07. The fourth-order valence-electron chi connectivity index (χ4n) is 1.96. The number of carbonyl (C=O) groups excluding carboxylic acids is 1. The predicted octanol–water partition coefficient (Wildman–Crippen LogP) is 5.19. The zero-order valence-corrected chi connectivity index (χ0v) is 13.6. The maximum atomic E-state index is 13.1. The Labute approximate surface area is 138 Å². The Morgan fingerprint density at radius 2 is 1.73 bits per heavy atom. The Morgan fingerprint density at radius 3 is 2.32 bits per heavy atom. The van der Waals surface area contributed by atoms with Gasteiger partial charge in [-0.15, -0.1) is 0 Å². The second-order valence-corrected chi connectivity index (χ2v) is 6.18. The van der Waals surface area contributed by atoms with Crippen LogP contribution in [0.15, 0.2) is 42.5 Å². The molecule has 0 atom stereocenters. The number of anilines is 1. The molecule has 0 saturated carbocycles. The predicted molar refractivity (Wildman–Crippen MR) is 88.0 cm³/mol. The van der Waals surface area contributed by atoms with Crippen molar-refractivity contribution >= 4 is 34.9 Å². The van der Waals surface area contributed by atoms with E-state index in [9.17, 15) is 9.18 Å². The fourth-order valence-corrected chi connectivity index (χ4v) is 2.27. The summed E-state index contributed by atoms with van der Waals surface area (Å²) in [6, 6.07) is 10.8. The maximum Gasteiger partial charge on any atom is 0.319 e. The van der Waals surface area contributed by atoms with Crippen molar-refractivity contribution in [3.05, 3.63) is 63.9 Å². The molecule has 0 radical (unpaired) electrons. The Bertz CT molecular complexity index is 687. The van der Waals surface area contributed by atoms with E-state index in [1.807, 2.05) is 26.0 Å². The minimum Gasteiger partial charge on any atom is -0.329 e. The van der Waals surface area contributed by atoms with E-state index in [0.29, 0.717) is 10.7 Å². The van der Waals surface area contributed by atoms with Crippen LogP contribution in [0, 0.1) is 5.82 Å². The van der Waals surface area contributed by atoms with Crippen molar-refractivity contribution < 1.29 is 9.18 Å². The molecule has 116 valence electrons. The summed E-state index contributed by atoms with van der Waals surface area (Å²) in [6.45, 7) is 3.74. The lowest BCUT2D eigenvalue weighted by Crippen LogP contribution is -2.43. The van der Waals surface area contributed by atoms with Crippen LogP contribution in [0.1, 0.15) is 19.4 Å². The third-order valence-electron chi connectivity index (χ3n) is 3.17. The largest absolute Gasteiger partial charge is 0.329 e. The van der Waals surface area contributed by atoms with Gasteiger partial charge in [-0.2, -0.15) is 0 Å². The van der Waals surface area contributed by atoms with Crippen molar-refractivity contribution in [2.24, 2.45) is 0 Å². The van der Waals surface area contributed by atoms with Crippen LogP contribution in [0.5, 0.6) is 0 Å². The number of hydrogen-bond donors (Lipinski definition) is 2. The summed E-state index contributed by atoms with van der Waals surface area (Å²) in [7, 11) is 0. The lowest BCUT2D eigenvalue weighted by Gasteiger charge is -2.27. The maximum absolute atomic E-state index is 13.1. The first-order valence-corrected chi connectivity index (χ1v) is 7.34. The molecule has 0 spiro atoms. The molecule has 2 N–H and O–H groups in total. The van der Waals surface area contributed by atoms with E-state index in [2.05, 4.69) is 10.6 Å². The van der Waals surface area contributed by atoms with Crippen molar-refractivity contribution in [2.75, 3.05) is 5.32 Å². The van der Waals surface area contributed by atoms with Gasteiger partial charge >= 0.3 is 6.03 Å². The van der Waals surface area contributed by atoms with Crippen molar-refractivity contribution in [3.8, 4) is 0 Å². The topological polar surface area (TPSA) is 41.1 Å². The molecule has 0 aliphatic heterocycles. The number of hydrogen-bond acceptors (Lipinski definition) is 1. The number of carbonyl (C=O) groups is 1. The normalized spacial score (nSPS) is 11.1. The summed E-state index contributed by atoms with van der Waals surface area (Å²) in [4.78, 5) is 12.1. The molecule has 0 aromatic heterocycles. The smallest absolute Gasteiger partial charge is 0.319 e. The van der Waals surface area contributed by atoms with Crippen LogP contribution in [-0.2, 0) is 5.54 Å². The van der Waals surface area contributed by atoms with Gasteiger partial charge in [-0.3, -0.25) is 0 Å². The Hall–Kier alpha value is -1.78. The highest BCUT2D eigenvalue weighted by Crippen LogP contribution is 2.23. The van der Waals surface area contributed by atoms with Gasteiger partial charge in [-0.1, -0.05) is 35.3 Å². The van der Waals surface area contributed by atoms with E-state index in [4.69, 9.17) is 23.2 Å². The summed E-state index contributed by atoms with van der Waals surface area (Å²) in [5.41, 5.74) is 0.721. The third kappa shape index (κ3) is 4.12. The Morgan fingerprint density at radius 1 is 1.09 bits per heavy atom.